The van der Waals surface area contributed by atoms with Crippen LogP contribution in [-0.2, 0) is 10.2 Å². The van der Waals surface area contributed by atoms with Gasteiger partial charge in [0.2, 0.25) is 0 Å². The largest absolute Gasteiger partial charge is 0.483 e. The first-order valence-electron chi connectivity index (χ1n) is 9.81. The van der Waals surface area contributed by atoms with Crippen molar-refractivity contribution in [2.75, 3.05) is 18.5 Å². The van der Waals surface area contributed by atoms with Crippen molar-refractivity contribution >= 4 is 33.4 Å². The van der Waals surface area contributed by atoms with Crippen LogP contribution in [0.1, 0.15) is 56.5 Å². The number of hydrogen-bond acceptors (Lipinski definition) is 3. The van der Waals surface area contributed by atoms with Crippen LogP contribution in [0.5, 0.6) is 5.75 Å². The van der Waals surface area contributed by atoms with Gasteiger partial charge in [-0.25, -0.2) is 0 Å². The van der Waals surface area contributed by atoms with E-state index in [0.717, 1.165) is 22.9 Å². The van der Waals surface area contributed by atoms with Crippen molar-refractivity contribution in [2.45, 2.75) is 46.0 Å². The fraction of sp³-hybridized carbons (Fsp3) is 0.391. The second kappa shape index (κ2) is 10.4. The summed E-state index contributed by atoms with van der Waals surface area (Å²) in [5.41, 5.74) is 1.98. The van der Waals surface area contributed by atoms with E-state index in [4.69, 9.17) is 4.74 Å². The normalized spacial score (nSPS) is 11.1. The van der Waals surface area contributed by atoms with Crippen LogP contribution in [0.25, 0.3) is 0 Å². The summed E-state index contributed by atoms with van der Waals surface area (Å²) in [6.07, 6.45) is 1.96. The second-order valence-corrected chi connectivity index (χ2v) is 8.83. The van der Waals surface area contributed by atoms with Crippen molar-refractivity contribution in [2.24, 2.45) is 0 Å². The Bertz CT molecular complexity index is 859. The minimum absolute atomic E-state index is 0.113. The lowest BCUT2D eigenvalue weighted by molar-refractivity contribution is -0.118. The molecular formula is C23H29BrN2O3. The first-order chi connectivity index (χ1) is 13.7. The van der Waals surface area contributed by atoms with Crippen LogP contribution in [0.15, 0.2) is 46.9 Å². The van der Waals surface area contributed by atoms with Crippen LogP contribution in [0.2, 0.25) is 0 Å². The van der Waals surface area contributed by atoms with Gasteiger partial charge in [0.05, 0.1) is 0 Å². The number of unbranched alkanes of at least 4 members (excludes halogenated alkanes) is 1. The molecule has 2 aromatic carbocycles. The third kappa shape index (κ3) is 7.20. The van der Waals surface area contributed by atoms with Gasteiger partial charge in [-0.05, 0) is 48.2 Å². The number of ether oxygens (including phenoxy) is 1. The average molecular weight is 461 g/mol. The van der Waals surface area contributed by atoms with Gasteiger partial charge in [-0.3, -0.25) is 9.59 Å². The van der Waals surface area contributed by atoms with Crippen molar-refractivity contribution in [3.8, 4) is 5.75 Å². The average Bonchev–Trinajstić information content (AvgIpc) is 2.66. The first kappa shape index (κ1) is 22.9. The van der Waals surface area contributed by atoms with Crippen molar-refractivity contribution in [1.82, 2.24) is 5.32 Å². The Balaban J connectivity index is 1.99. The van der Waals surface area contributed by atoms with Gasteiger partial charge in [0.1, 0.15) is 5.75 Å². The van der Waals surface area contributed by atoms with Crippen LogP contribution in [-0.4, -0.2) is 25.0 Å². The van der Waals surface area contributed by atoms with Gasteiger partial charge in [-0.2, -0.15) is 0 Å². The molecule has 0 aromatic heterocycles. The predicted octanol–water partition coefficient (Wildman–Crippen LogP) is 5.29. The number of benzene rings is 2. The summed E-state index contributed by atoms with van der Waals surface area (Å²) in [7, 11) is 0. The van der Waals surface area contributed by atoms with Crippen LogP contribution in [0.3, 0.4) is 0 Å². The monoisotopic (exact) mass is 460 g/mol. The molecule has 0 aliphatic rings. The number of anilines is 1. The fourth-order valence-electron chi connectivity index (χ4n) is 2.77. The van der Waals surface area contributed by atoms with E-state index in [9.17, 15) is 9.59 Å². The Labute approximate surface area is 181 Å². The minimum Gasteiger partial charge on any atom is -0.483 e. The quantitative estimate of drug-likeness (QED) is 0.525. The Morgan fingerprint density at radius 2 is 1.86 bits per heavy atom. The third-order valence-corrected chi connectivity index (χ3v) is 4.83. The summed E-state index contributed by atoms with van der Waals surface area (Å²) in [5, 5.41) is 5.66. The predicted molar refractivity (Wildman–Crippen MR) is 121 cm³/mol. The molecule has 2 amide bonds. The highest BCUT2D eigenvalue weighted by Crippen LogP contribution is 2.33. The molecule has 2 aromatic rings. The molecule has 0 aliphatic carbocycles. The minimum atomic E-state index is -0.281. The molecule has 0 bridgehead atoms. The Morgan fingerprint density at radius 1 is 1.10 bits per heavy atom. The van der Waals surface area contributed by atoms with Crippen molar-refractivity contribution in [3.63, 3.8) is 0 Å². The number of amides is 2. The van der Waals surface area contributed by atoms with E-state index in [2.05, 4.69) is 54.3 Å². The van der Waals surface area contributed by atoms with Gasteiger partial charge in [-0.15, -0.1) is 0 Å². The molecule has 6 heteroatoms. The van der Waals surface area contributed by atoms with E-state index in [0.29, 0.717) is 23.5 Å². The highest BCUT2D eigenvalue weighted by Gasteiger charge is 2.20. The summed E-state index contributed by atoms with van der Waals surface area (Å²) >= 11 is 3.48. The lowest BCUT2D eigenvalue weighted by atomic mass is 9.86. The standard InChI is InChI=1S/C23H29BrN2O3/c1-5-6-12-25-22(28)16-8-7-9-18(13-16)26-21(27)15-29-20-11-10-17(24)14-19(20)23(2,3)4/h7-11,13-14H,5-6,12,15H2,1-4H3,(H,25,28)(H,26,27). The Kier molecular flexibility index (Phi) is 8.26. The third-order valence-electron chi connectivity index (χ3n) is 4.33. The molecular weight excluding hydrogens is 432 g/mol. The molecule has 0 atom stereocenters. The molecule has 0 unspecified atom stereocenters. The zero-order valence-corrected chi connectivity index (χ0v) is 19.1. The Morgan fingerprint density at radius 3 is 2.55 bits per heavy atom. The molecule has 0 saturated heterocycles. The highest BCUT2D eigenvalue weighted by molar-refractivity contribution is 9.10. The molecule has 0 radical (unpaired) electrons. The molecule has 0 saturated carbocycles. The van der Waals surface area contributed by atoms with Gasteiger partial charge < -0.3 is 15.4 Å². The molecule has 0 spiro atoms. The van der Waals surface area contributed by atoms with Crippen molar-refractivity contribution in [1.29, 1.82) is 0 Å². The van der Waals surface area contributed by atoms with Crippen molar-refractivity contribution < 1.29 is 14.3 Å². The molecule has 156 valence electrons. The van der Waals surface area contributed by atoms with Gasteiger partial charge in [-0.1, -0.05) is 56.1 Å². The second-order valence-electron chi connectivity index (χ2n) is 7.92. The first-order valence-corrected chi connectivity index (χ1v) is 10.6. The zero-order chi connectivity index (χ0) is 21.4. The smallest absolute Gasteiger partial charge is 0.262 e. The molecule has 2 N–H and O–H groups in total. The van der Waals surface area contributed by atoms with Gasteiger partial charge in [0.25, 0.3) is 11.8 Å². The van der Waals surface area contributed by atoms with E-state index in [1.165, 1.54) is 0 Å². The molecule has 0 aliphatic heterocycles. The summed E-state index contributed by atoms with van der Waals surface area (Å²) in [5.74, 6) is 0.256. The van der Waals surface area contributed by atoms with E-state index in [-0.39, 0.29) is 23.8 Å². The molecule has 0 fully saturated rings. The van der Waals surface area contributed by atoms with Gasteiger partial charge in [0.15, 0.2) is 6.61 Å². The van der Waals surface area contributed by atoms with Crippen LogP contribution < -0.4 is 15.4 Å². The maximum atomic E-state index is 12.4. The topological polar surface area (TPSA) is 67.4 Å². The van der Waals surface area contributed by atoms with E-state index >= 15 is 0 Å². The zero-order valence-electron chi connectivity index (χ0n) is 17.5. The summed E-state index contributed by atoms with van der Waals surface area (Å²) in [4.78, 5) is 24.5. The highest BCUT2D eigenvalue weighted by atomic mass is 79.9. The lowest BCUT2D eigenvalue weighted by Crippen LogP contribution is -2.25. The summed E-state index contributed by atoms with van der Waals surface area (Å²) in [6, 6.07) is 12.7. The van der Waals surface area contributed by atoms with Crippen molar-refractivity contribution in [3.05, 3.63) is 58.1 Å². The summed E-state index contributed by atoms with van der Waals surface area (Å²) in [6.45, 7) is 8.89. The number of nitrogens with one attached hydrogen (secondary N) is 2. The number of carbonyl (C=O) groups is 2. The van der Waals surface area contributed by atoms with Crippen LogP contribution in [0.4, 0.5) is 5.69 Å². The molecule has 29 heavy (non-hydrogen) atoms. The maximum Gasteiger partial charge on any atom is 0.262 e. The molecule has 2 rings (SSSR count). The number of carbonyl (C=O) groups excluding carboxylic acids is 2. The van der Waals surface area contributed by atoms with Crippen LogP contribution >= 0.6 is 15.9 Å². The molecule has 0 heterocycles. The molecule has 5 nitrogen and oxygen atoms in total. The van der Waals surface area contributed by atoms with Gasteiger partial charge >= 0.3 is 0 Å². The fourth-order valence-corrected chi connectivity index (χ4v) is 3.13. The SMILES string of the molecule is CCCCNC(=O)c1cccc(NC(=O)COc2ccc(Br)cc2C(C)(C)C)c1. The number of hydrogen-bond donors (Lipinski definition) is 2. The van der Waals surface area contributed by atoms with E-state index in [1.54, 1.807) is 24.3 Å². The lowest BCUT2D eigenvalue weighted by Gasteiger charge is -2.23. The van der Waals surface area contributed by atoms with E-state index in [1.807, 2.05) is 18.2 Å². The van der Waals surface area contributed by atoms with Gasteiger partial charge in [0, 0.05) is 27.8 Å². The maximum absolute atomic E-state index is 12.4. The van der Waals surface area contributed by atoms with E-state index < -0.39 is 0 Å². The summed E-state index contributed by atoms with van der Waals surface area (Å²) < 4.78 is 6.75. The number of halogens is 1. The Hall–Kier alpha value is -2.34. The van der Waals surface area contributed by atoms with Crippen LogP contribution in [0, 0.1) is 0 Å². The number of rotatable bonds is 8.